The number of nitrogens with one attached hydrogen (secondary N) is 1. The Morgan fingerprint density at radius 2 is 1.76 bits per heavy atom. The topological polar surface area (TPSA) is 78.8 Å². The molecule has 0 spiro atoms. The Morgan fingerprint density at radius 1 is 1.19 bits per heavy atom. The van der Waals surface area contributed by atoms with Gasteiger partial charge in [0, 0.05) is 0 Å². The smallest absolute Gasteiger partial charge is 0.303 e. The van der Waals surface area contributed by atoms with Crippen LogP contribution in [0.2, 0.25) is 0 Å². The van der Waals surface area contributed by atoms with Gasteiger partial charge in [-0.3, -0.25) is 0 Å². The molecule has 0 atom stereocenters. The number of hydrazone groups is 1. The molecule has 2 amide bonds. The second-order valence-electron chi connectivity index (χ2n) is 5.43. The Balaban J connectivity index is 2.36. The minimum Gasteiger partial charge on any atom is -0.303 e. The van der Waals surface area contributed by atoms with Gasteiger partial charge in [0.1, 0.15) is 5.88 Å². The van der Waals surface area contributed by atoms with Gasteiger partial charge in [-0.15, -0.1) is 0 Å². The molecule has 1 aromatic rings. The van der Waals surface area contributed by atoms with Crippen LogP contribution in [0.1, 0.15) is 23.6 Å². The van der Waals surface area contributed by atoms with Crippen LogP contribution in [0.3, 0.4) is 0 Å². The number of hydrogen-bond donors (Lipinski definition) is 1. The average Bonchev–Trinajstić information content (AvgIpc) is 2.31. The molecular formula is C14H19N3O3S. The Labute approximate surface area is 124 Å². The van der Waals surface area contributed by atoms with Gasteiger partial charge in [0.25, 0.3) is 0 Å². The Bertz CT molecular complexity index is 700. The van der Waals surface area contributed by atoms with E-state index in [9.17, 15) is 13.2 Å². The average molecular weight is 309 g/mol. The van der Waals surface area contributed by atoms with Gasteiger partial charge in [0.2, 0.25) is 0 Å². The van der Waals surface area contributed by atoms with Gasteiger partial charge in [-0.2, -0.15) is 5.10 Å². The highest BCUT2D eigenvalue weighted by Gasteiger charge is 2.28. The first-order valence-corrected chi connectivity index (χ1v) is 8.24. The zero-order valence-corrected chi connectivity index (χ0v) is 13.4. The van der Waals surface area contributed by atoms with Crippen LogP contribution in [-0.4, -0.2) is 37.5 Å². The molecule has 0 radical (unpaired) electrons. The predicted octanol–water partition coefficient (Wildman–Crippen LogP) is 1.74. The standard InChI is InChI=1S/C14H19N3O3S/c1-9-5-10(2)13(11(3)6-9)21(19,20)8-17-7-12(4)15-16-14(17)18/h5-6H,7-8H2,1-4H3,(H,16,18). The van der Waals surface area contributed by atoms with E-state index < -0.39 is 15.9 Å². The predicted molar refractivity (Wildman–Crippen MR) is 81.1 cm³/mol. The number of urea groups is 1. The van der Waals surface area contributed by atoms with E-state index in [1.807, 2.05) is 19.1 Å². The van der Waals surface area contributed by atoms with Crippen LogP contribution in [0.15, 0.2) is 22.1 Å². The lowest BCUT2D eigenvalue weighted by atomic mass is 10.1. The Morgan fingerprint density at radius 3 is 2.33 bits per heavy atom. The minimum atomic E-state index is -3.58. The van der Waals surface area contributed by atoms with Gasteiger partial charge >= 0.3 is 6.03 Å². The molecule has 114 valence electrons. The number of rotatable bonds is 3. The van der Waals surface area contributed by atoms with E-state index in [1.165, 1.54) is 4.90 Å². The molecule has 0 aromatic heterocycles. The third-order valence-corrected chi connectivity index (χ3v) is 5.21. The normalized spacial score (nSPS) is 15.7. The molecule has 6 nitrogen and oxygen atoms in total. The summed E-state index contributed by atoms with van der Waals surface area (Å²) in [5.41, 5.74) is 5.40. The van der Waals surface area contributed by atoms with Crippen molar-refractivity contribution in [2.45, 2.75) is 32.6 Å². The van der Waals surface area contributed by atoms with Crippen molar-refractivity contribution in [2.24, 2.45) is 5.10 Å². The summed E-state index contributed by atoms with van der Waals surface area (Å²) in [6.07, 6.45) is 0. The van der Waals surface area contributed by atoms with Crippen molar-refractivity contribution in [3.63, 3.8) is 0 Å². The summed E-state index contributed by atoms with van der Waals surface area (Å²) in [6.45, 7) is 7.43. The fourth-order valence-electron chi connectivity index (χ4n) is 2.63. The van der Waals surface area contributed by atoms with Crippen molar-refractivity contribution in [1.29, 1.82) is 0 Å². The second-order valence-corrected chi connectivity index (χ2v) is 7.33. The first kappa shape index (κ1) is 15.5. The van der Waals surface area contributed by atoms with E-state index in [2.05, 4.69) is 10.5 Å². The summed E-state index contributed by atoms with van der Waals surface area (Å²) >= 11 is 0. The molecular weight excluding hydrogens is 290 g/mol. The maximum Gasteiger partial charge on any atom is 0.339 e. The maximum absolute atomic E-state index is 12.6. The van der Waals surface area contributed by atoms with E-state index in [-0.39, 0.29) is 12.4 Å². The van der Waals surface area contributed by atoms with E-state index in [0.29, 0.717) is 21.7 Å². The van der Waals surface area contributed by atoms with Crippen molar-refractivity contribution in [3.8, 4) is 0 Å². The van der Waals surface area contributed by atoms with E-state index in [1.54, 1.807) is 20.8 Å². The highest BCUT2D eigenvalue weighted by Crippen LogP contribution is 2.23. The van der Waals surface area contributed by atoms with E-state index in [4.69, 9.17) is 0 Å². The lowest BCUT2D eigenvalue weighted by molar-refractivity contribution is 0.209. The lowest BCUT2D eigenvalue weighted by Gasteiger charge is -2.25. The summed E-state index contributed by atoms with van der Waals surface area (Å²) < 4.78 is 25.3. The van der Waals surface area contributed by atoms with Gasteiger partial charge in [0.05, 0.1) is 17.2 Å². The summed E-state index contributed by atoms with van der Waals surface area (Å²) in [5, 5.41) is 3.79. The molecule has 7 heteroatoms. The molecule has 0 unspecified atom stereocenters. The number of aryl methyl sites for hydroxylation is 3. The largest absolute Gasteiger partial charge is 0.339 e. The number of sulfone groups is 1. The van der Waals surface area contributed by atoms with Crippen molar-refractivity contribution in [1.82, 2.24) is 10.3 Å². The molecule has 1 N–H and O–H groups in total. The summed E-state index contributed by atoms with van der Waals surface area (Å²) in [4.78, 5) is 13.3. The molecule has 0 fully saturated rings. The van der Waals surface area contributed by atoms with E-state index in [0.717, 1.165) is 5.56 Å². The third kappa shape index (κ3) is 3.24. The van der Waals surface area contributed by atoms with Crippen molar-refractivity contribution >= 4 is 21.6 Å². The highest BCUT2D eigenvalue weighted by molar-refractivity contribution is 7.91. The van der Waals surface area contributed by atoms with Gasteiger partial charge < -0.3 is 4.90 Å². The number of benzene rings is 1. The number of hydrogen-bond acceptors (Lipinski definition) is 4. The van der Waals surface area contributed by atoms with Crippen molar-refractivity contribution < 1.29 is 13.2 Å². The molecule has 1 aromatic carbocycles. The number of carbonyl (C=O) groups is 1. The molecule has 0 bridgehead atoms. The molecule has 0 aliphatic carbocycles. The fourth-order valence-corrected chi connectivity index (χ4v) is 4.48. The number of amides is 2. The monoisotopic (exact) mass is 309 g/mol. The molecule has 21 heavy (non-hydrogen) atoms. The molecule has 1 heterocycles. The van der Waals surface area contributed by atoms with Crippen molar-refractivity contribution in [2.75, 3.05) is 12.4 Å². The van der Waals surface area contributed by atoms with Gasteiger partial charge in [0.15, 0.2) is 9.84 Å². The molecule has 0 saturated heterocycles. The van der Waals surface area contributed by atoms with Gasteiger partial charge in [-0.05, 0) is 38.8 Å². The molecule has 1 aliphatic heterocycles. The number of carbonyl (C=O) groups excluding carboxylic acids is 1. The summed E-state index contributed by atoms with van der Waals surface area (Å²) in [6, 6.07) is 3.18. The SMILES string of the molecule is CC1=NNC(=O)N(CS(=O)(=O)c2c(C)cc(C)cc2C)C1. The van der Waals surface area contributed by atoms with Gasteiger partial charge in [-0.1, -0.05) is 17.7 Å². The first-order chi connectivity index (χ1) is 9.70. The third-order valence-electron chi connectivity index (χ3n) is 3.29. The second kappa shape index (κ2) is 5.48. The Hall–Kier alpha value is -1.89. The van der Waals surface area contributed by atoms with E-state index >= 15 is 0 Å². The maximum atomic E-state index is 12.6. The summed E-state index contributed by atoms with van der Waals surface area (Å²) in [5.74, 6) is -0.351. The molecule has 0 saturated carbocycles. The van der Waals surface area contributed by atoms with Crippen molar-refractivity contribution in [3.05, 3.63) is 28.8 Å². The van der Waals surface area contributed by atoms with Crippen LogP contribution in [0.5, 0.6) is 0 Å². The first-order valence-electron chi connectivity index (χ1n) is 6.59. The van der Waals surface area contributed by atoms with Crippen LogP contribution in [0.4, 0.5) is 4.79 Å². The zero-order valence-electron chi connectivity index (χ0n) is 12.6. The van der Waals surface area contributed by atoms with Crippen LogP contribution < -0.4 is 5.43 Å². The van der Waals surface area contributed by atoms with Crippen LogP contribution in [0, 0.1) is 20.8 Å². The minimum absolute atomic E-state index is 0.217. The molecule has 1 aliphatic rings. The lowest BCUT2D eigenvalue weighted by Crippen LogP contribution is -2.47. The number of nitrogens with zero attached hydrogens (tertiary/aromatic N) is 2. The zero-order chi connectivity index (χ0) is 15.8. The van der Waals surface area contributed by atoms with Crippen LogP contribution in [-0.2, 0) is 9.84 Å². The quantitative estimate of drug-likeness (QED) is 0.923. The Kier molecular flexibility index (Phi) is 4.04. The van der Waals surface area contributed by atoms with Gasteiger partial charge in [-0.25, -0.2) is 18.6 Å². The van der Waals surface area contributed by atoms with Crippen LogP contribution in [0.25, 0.3) is 0 Å². The molecule has 2 rings (SSSR count). The summed E-state index contributed by atoms with van der Waals surface area (Å²) in [7, 11) is -3.58. The fraction of sp³-hybridized carbons (Fsp3) is 0.429. The van der Waals surface area contributed by atoms with Crippen LogP contribution >= 0.6 is 0 Å². The highest BCUT2D eigenvalue weighted by atomic mass is 32.2.